The summed E-state index contributed by atoms with van der Waals surface area (Å²) in [7, 11) is -0.288. The zero-order valence-electron chi connectivity index (χ0n) is 18.9. The molecule has 7 nitrogen and oxygen atoms in total. The molecule has 0 aliphatic heterocycles. The molecule has 168 valence electrons. The Labute approximate surface area is 192 Å². The monoisotopic (exact) mass is 460 g/mol. The van der Waals surface area contributed by atoms with Crippen LogP contribution in [0.5, 0.6) is 5.75 Å². The Morgan fingerprint density at radius 2 is 1.73 bits per heavy atom. The standard InChI is InChI=1S/C25H24N4O3S/c1-5-17-15-29(33(30,31)20-12-6-16(2)7-13-20)25-22(17)24-21(14-26-25)23(27-28(24)3)18-8-10-19(32-4)11-9-18/h6-15H,5H2,1-4H3. The first-order valence-electron chi connectivity index (χ1n) is 10.7. The molecule has 0 radical (unpaired) electrons. The van der Waals surface area contributed by atoms with E-state index >= 15 is 0 Å². The highest BCUT2D eigenvalue weighted by Crippen LogP contribution is 2.35. The number of ether oxygens (including phenoxy) is 1. The van der Waals surface area contributed by atoms with Gasteiger partial charge in [-0.25, -0.2) is 17.4 Å². The normalized spacial score (nSPS) is 12.0. The SMILES string of the molecule is CCc1cn(S(=O)(=O)c2ccc(C)cc2)c2ncc3c(-c4ccc(OC)cc4)nn(C)c3c12. The number of methoxy groups -OCH3 is 1. The van der Waals surface area contributed by atoms with Crippen molar-refractivity contribution in [1.82, 2.24) is 18.7 Å². The van der Waals surface area contributed by atoms with Gasteiger partial charge in [-0.15, -0.1) is 0 Å². The van der Waals surface area contributed by atoms with E-state index in [2.05, 4.69) is 4.98 Å². The lowest BCUT2D eigenvalue weighted by Gasteiger charge is -2.07. The van der Waals surface area contributed by atoms with Gasteiger partial charge in [0.25, 0.3) is 10.0 Å². The summed E-state index contributed by atoms with van der Waals surface area (Å²) in [5.41, 5.74) is 4.90. The summed E-state index contributed by atoms with van der Waals surface area (Å²) in [5, 5.41) is 6.43. The number of benzene rings is 2. The molecule has 0 saturated heterocycles. The molecule has 8 heteroatoms. The number of aromatic nitrogens is 4. The van der Waals surface area contributed by atoms with E-state index in [9.17, 15) is 8.42 Å². The van der Waals surface area contributed by atoms with Crippen LogP contribution in [0.2, 0.25) is 0 Å². The average Bonchev–Trinajstić information content (AvgIpc) is 3.37. The molecule has 0 amide bonds. The van der Waals surface area contributed by atoms with E-state index < -0.39 is 10.0 Å². The third kappa shape index (κ3) is 3.29. The van der Waals surface area contributed by atoms with Crippen molar-refractivity contribution in [2.75, 3.05) is 7.11 Å². The van der Waals surface area contributed by atoms with Crippen molar-refractivity contribution >= 4 is 32.0 Å². The third-order valence-corrected chi connectivity index (χ3v) is 7.65. The zero-order valence-corrected chi connectivity index (χ0v) is 19.7. The molecular weight excluding hydrogens is 436 g/mol. The maximum Gasteiger partial charge on any atom is 0.269 e. The van der Waals surface area contributed by atoms with Crippen LogP contribution in [0.15, 0.2) is 65.8 Å². The Hall–Kier alpha value is -3.65. The molecule has 0 atom stereocenters. The Bertz CT molecular complexity index is 1600. The van der Waals surface area contributed by atoms with Crippen LogP contribution >= 0.6 is 0 Å². The second-order valence-electron chi connectivity index (χ2n) is 8.04. The molecule has 0 fully saturated rings. The lowest BCUT2D eigenvalue weighted by atomic mass is 10.1. The molecule has 0 aliphatic carbocycles. The molecule has 5 aromatic rings. The van der Waals surface area contributed by atoms with E-state index in [0.29, 0.717) is 12.1 Å². The minimum atomic E-state index is -3.80. The van der Waals surface area contributed by atoms with Crippen molar-refractivity contribution < 1.29 is 13.2 Å². The molecule has 3 aromatic heterocycles. The van der Waals surface area contributed by atoms with Gasteiger partial charge < -0.3 is 4.74 Å². The molecule has 0 spiro atoms. The predicted octanol–water partition coefficient (Wildman–Crippen LogP) is 4.71. The predicted molar refractivity (Wildman–Crippen MR) is 129 cm³/mol. The lowest BCUT2D eigenvalue weighted by molar-refractivity contribution is 0.415. The van der Waals surface area contributed by atoms with Crippen LogP contribution in [0.4, 0.5) is 0 Å². The average molecular weight is 461 g/mol. The fourth-order valence-corrected chi connectivity index (χ4v) is 5.56. The molecule has 0 bridgehead atoms. The summed E-state index contributed by atoms with van der Waals surface area (Å²) < 4.78 is 35.3. The Kier molecular flexibility index (Phi) is 4.97. The van der Waals surface area contributed by atoms with Crippen LogP contribution < -0.4 is 4.74 Å². The van der Waals surface area contributed by atoms with Gasteiger partial charge >= 0.3 is 0 Å². The van der Waals surface area contributed by atoms with E-state index in [4.69, 9.17) is 9.84 Å². The Balaban J connectivity index is 1.77. The van der Waals surface area contributed by atoms with Crippen molar-refractivity contribution in [2.45, 2.75) is 25.2 Å². The fourth-order valence-electron chi connectivity index (χ4n) is 4.22. The van der Waals surface area contributed by atoms with E-state index in [1.807, 2.05) is 45.2 Å². The summed E-state index contributed by atoms with van der Waals surface area (Å²) in [6.45, 7) is 3.94. The molecule has 0 aliphatic rings. The Morgan fingerprint density at radius 1 is 1.03 bits per heavy atom. The van der Waals surface area contributed by atoms with Crippen molar-refractivity contribution in [2.24, 2.45) is 7.05 Å². The third-order valence-electron chi connectivity index (χ3n) is 5.99. The number of pyridine rings is 1. The van der Waals surface area contributed by atoms with Gasteiger partial charge in [0.05, 0.1) is 17.5 Å². The van der Waals surface area contributed by atoms with Gasteiger partial charge in [0, 0.05) is 35.8 Å². The number of rotatable bonds is 5. The zero-order chi connectivity index (χ0) is 23.3. The highest BCUT2D eigenvalue weighted by atomic mass is 32.2. The van der Waals surface area contributed by atoms with Crippen LogP contribution in [0.25, 0.3) is 33.2 Å². The smallest absolute Gasteiger partial charge is 0.269 e. The van der Waals surface area contributed by atoms with E-state index in [-0.39, 0.29) is 4.90 Å². The summed E-state index contributed by atoms with van der Waals surface area (Å²) in [6, 6.07) is 14.6. The quantitative estimate of drug-likeness (QED) is 0.380. The van der Waals surface area contributed by atoms with E-state index in [1.54, 1.807) is 48.5 Å². The molecule has 0 unspecified atom stereocenters. The van der Waals surface area contributed by atoms with Gasteiger partial charge in [-0.05, 0) is 55.3 Å². The Morgan fingerprint density at radius 3 is 2.36 bits per heavy atom. The molecular formula is C25H24N4O3S. The number of hydrogen-bond acceptors (Lipinski definition) is 5. The van der Waals surface area contributed by atoms with Gasteiger partial charge in [-0.1, -0.05) is 24.6 Å². The lowest BCUT2D eigenvalue weighted by Crippen LogP contribution is -2.12. The van der Waals surface area contributed by atoms with Crippen LogP contribution in [0.1, 0.15) is 18.1 Å². The van der Waals surface area contributed by atoms with E-state index in [1.165, 1.54) is 3.97 Å². The van der Waals surface area contributed by atoms with E-state index in [0.717, 1.165) is 44.4 Å². The molecule has 0 N–H and O–H groups in total. The van der Waals surface area contributed by atoms with Crippen molar-refractivity contribution in [3.8, 4) is 17.0 Å². The molecule has 5 rings (SSSR count). The van der Waals surface area contributed by atoms with Crippen LogP contribution in [0.3, 0.4) is 0 Å². The van der Waals surface area contributed by atoms with Crippen molar-refractivity contribution in [3.63, 3.8) is 0 Å². The van der Waals surface area contributed by atoms with Gasteiger partial charge in [-0.2, -0.15) is 5.10 Å². The minimum absolute atomic E-state index is 0.235. The largest absolute Gasteiger partial charge is 0.497 e. The van der Waals surface area contributed by atoms with Crippen LogP contribution in [0, 0.1) is 6.92 Å². The van der Waals surface area contributed by atoms with Crippen molar-refractivity contribution in [1.29, 1.82) is 0 Å². The first-order valence-corrected chi connectivity index (χ1v) is 12.1. The first-order chi connectivity index (χ1) is 15.8. The number of nitrogens with zero attached hydrogens (tertiary/aromatic N) is 4. The number of hydrogen-bond donors (Lipinski definition) is 0. The molecule has 0 saturated carbocycles. The molecule has 3 heterocycles. The van der Waals surface area contributed by atoms with Gasteiger partial charge in [0.1, 0.15) is 11.4 Å². The van der Waals surface area contributed by atoms with Crippen molar-refractivity contribution in [3.05, 3.63) is 72.1 Å². The number of fused-ring (bicyclic) bond motifs is 3. The second kappa shape index (κ2) is 7.74. The number of aryl methyl sites for hydroxylation is 3. The van der Waals surface area contributed by atoms with Gasteiger partial charge in [0.2, 0.25) is 0 Å². The van der Waals surface area contributed by atoms with Gasteiger partial charge in [-0.3, -0.25) is 4.68 Å². The topological polar surface area (TPSA) is 79.0 Å². The minimum Gasteiger partial charge on any atom is -0.497 e. The van der Waals surface area contributed by atoms with Gasteiger partial charge in [0.15, 0.2) is 5.65 Å². The summed E-state index contributed by atoms with van der Waals surface area (Å²) >= 11 is 0. The summed E-state index contributed by atoms with van der Waals surface area (Å²) in [5.74, 6) is 0.770. The molecule has 2 aromatic carbocycles. The second-order valence-corrected chi connectivity index (χ2v) is 9.86. The first kappa shape index (κ1) is 21.2. The maximum atomic E-state index is 13.5. The summed E-state index contributed by atoms with van der Waals surface area (Å²) in [4.78, 5) is 4.86. The fraction of sp³-hybridized carbons (Fsp3) is 0.200. The molecule has 33 heavy (non-hydrogen) atoms. The van der Waals surface area contributed by atoms with Crippen LogP contribution in [-0.2, 0) is 23.5 Å². The highest BCUT2D eigenvalue weighted by Gasteiger charge is 2.25. The highest BCUT2D eigenvalue weighted by molar-refractivity contribution is 7.90. The maximum absolute atomic E-state index is 13.5. The summed E-state index contributed by atoms with van der Waals surface area (Å²) in [6.07, 6.45) is 4.06. The van der Waals surface area contributed by atoms with Crippen LogP contribution in [-0.4, -0.2) is 34.3 Å².